The first kappa shape index (κ1) is 18.5. The number of hydrogen-bond donors (Lipinski definition) is 1. The monoisotopic (exact) mass is 362 g/mol. The third kappa shape index (κ3) is 4.12. The van der Waals surface area contributed by atoms with Crippen LogP contribution in [-0.2, 0) is 9.59 Å². The van der Waals surface area contributed by atoms with Crippen LogP contribution in [-0.4, -0.2) is 36.4 Å². The molecule has 1 aliphatic rings. The van der Waals surface area contributed by atoms with Crippen LogP contribution in [0.25, 0.3) is 11.1 Å². The van der Waals surface area contributed by atoms with E-state index < -0.39 is 6.04 Å². The number of benzene rings is 2. The minimum Gasteiger partial charge on any atom is -0.497 e. The van der Waals surface area contributed by atoms with Gasteiger partial charge >= 0.3 is 0 Å². The normalized spacial score (nSPS) is 15.6. The summed E-state index contributed by atoms with van der Waals surface area (Å²) in [6.45, 7) is 2.18. The maximum absolute atomic E-state index is 12.8. The van der Waals surface area contributed by atoms with Crippen LogP contribution in [0.5, 0.6) is 5.75 Å². The summed E-state index contributed by atoms with van der Waals surface area (Å²) >= 11 is 0. The standard InChI is InChI=1S/C22H22N2O3/c1-3-7-21(25)24-15-6-10-20(24)22(26)23-19-9-5-4-8-18(19)16-11-13-17(27-2)14-12-16/h4-5,8-9,11-14,20H,6,10,15H2,1-2H3,(H,23,26). The number of hydrogen-bond acceptors (Lipinski definition) is 3. The number of likely N-dealkylation sites (tertiary alicyclic amines) is 1. The van der Waals surface area contributed by atoms with Crippen molar-refractivity contribution in [3.05, 3.63) is 48.5 Å². The Balaban J connectivity index is 1.82. The van der Waals surface area contributed by atoms with Crippen LogP contribution in [0, 0.1) is 11.8 Å². The average Bonchev–Trinajstić information content (AvgIpc) is 3.19. The van der Waals surface area contributed by atoms with Crippen LogP contribution in [0.1, 0.15) is 19.8 Å². The minimum atomic E-state index is -0.484. The zero-order valence-corrected chi connectivity index (χ0v) is 15.5. The molecule has 2 aromatic rings. The number of nitrogens with one attached hydrogen (secondary N) is 1. The first-order valence-corrected chi connectivity index (χ1v) is 8.91. The van der Waals surface area contributed by atoms with Crippen molar-refractivity contribution in [2.24, 2.45) is 0 Å². The molecule has 1 saturated heterocycles. The van der Waals surface area contributed by atoms with Gasteiger partial charge in [0, 0.05) is 17.8 Å². The number of nitrogens with zero attached hydrogens (tertiary/aromatic N) is 1. The molecule has 1 atom stereocenters. The summed E-state index contributed by atoms with van der Waals surface area (Å²) in [7, 11) is 1.63. The summed E-state index contributed by atoms with van der Waals surface area (Å²) in [6.07, 6.45) is 1.45. The van der Waals surface area contributed by atoms with E-state index in [4.69, 9.17) is 4.74 Å². The van der Waals surface area contributed by atoms with E-state index in [9.17, 15) is 9.59 Å². The van der Waals surface area contributed by atoms with Gasteiger partial charge in [0.1, 0.15) is 11.8 Å². The number of carbonyl (C=O) groups is 2. The van der Waals surface area contributed by atoms with Crippen molar-refractivity contribution in [1.82, 2.24) is 4.90 Å². The molecule has 2 aromatic carbocycles. The van der Waals surface area contributed by atoms with Gasteiger partial charge in [-0.2, -0.15) is 0 Å². The summed E-state index contributed by atoms with van der Waals surface area (Å²) < 4.78 is 5.20. The molecule has 27 heavy (non-hydrogen) atoms. The third-order valence-corrected chi connectivity index (χ3v) is 4.63. The Morgan fingerprint density at radius 1 is 1.15 bits per heavy atom. The molecular formula is C22H22N2O3. The lowest BCUT2D eigenvalue weighted by Gasteiger charge is -2.22. The Morgan fingerprint density at radius 2 is 1.89 bits per heavy atom. The zero-order chi connectivity index (χ0) is 19.2. The molecule has 5 nitrogen and oxygen atoms in total. The fourth-order valence-electron chi connectivity index (χ4n) is 3.29. The molecule has 2 amide bonds. The number of ether oxygens (including phenoxy) is 1. The van der Waals surface area contributed by atoms with Gasteiger partial charge in [-0.1, -0.05) is 36.3 Å². The van der Waals surface area contributed by atoms with Gasteiger partial charge in [0.05, 0.1) is 7.11 Å². The highest BCUT2D eigenvalue weighted by Crippen LogP contribution is 2.30. The van der Waals surface area contributed by atoms with Gasteiger partial charge in [-0.3, -0.25) is 9.59 Å². The fourth-order valence-corrected chi connectivity index (χ4v) is 3.29. The molecule has 0 bridgehead atoms. The molecule has 0 saturated carbocycles. The van der Waals surface area contributed by atoms with Crippen LogP contribution in [0.15, 0.2) is 48.5 Å². The Morgan fingerprint density at radius 3 is 2.59 bits per heavy atom. The number of amides is 2. The van der Waals surface area contributed by atoms with Crippen molar-refractivity contribution >= 4 is 17.5 Å². The van der Waals surface area contributed by atoms with Crippen molar-refractivity contribution in [3.8, 4) is 28.7 Å². The molecule has 138 valence electrons. The van der Waals surface area contributed by atoms with E-state index in [0.29, 0.717) is 18.7 Å². The summed E-state index contributed by atoms with van der Waals surface area (Å²) in [5, 5.41) is 2.99. The summed E-state index contributed by atoms with van der Waals surface area (Å²) in [5.74, 6) is 5.44. The molecule has 1 fully saturated rings. The first-order chi connectivity index (χ1) is 13.1. The second-order valence-electron chi connectivity index (χ2n) is 6.29. The molecule has 3 rings (SSSR count). The van der Waals surface area contributed by atoms with Gasteiger partial charge in [0.25, 0.3) is 5.91 Å². The molecule has 1 unspecified atom stereocenters. The molecular weight excluding hydrogens is 340 g/mol. The van der Waals surface area contributed by atoms with Gasteiger partial charge in [0.2, 0.25) is 5.91 Å². The van der Waals surface area contributed by atoms with Crippen LogP contribution in [0.2, 0.25) is 0 Å². The maximum Gasteiger partial charge on any atom is 0.299 e. The highest BCUT2D eigenvalue weighted by molar-refractivity contribution is 6.03. The van der Waals surface area contributed by atoms with Gasteiger partial charge in [0.15, 0.2) is 0 Å². The second-order valence-corrected chi connectivity index (χ2v) is 6.29. The number of carbonyl (C=O) groups excluding carboxylic acids is 2. The molecule has 0 spiro atoms. The van der Waals surface area contributed by atoms with Crippen molar-refractivity contribution in [3.63, 3.8) is 0 Å². The van der Waals surface area contributed by atoms with E-state index >= 15 is 0 Å². The highest BCUT2D eigenvalue weighted by Gasteiger charge is 2.33. The van der Waals surface area contributed by atoms with E-state index in [1.165, 1.54) is 0 Å². The van der Waals surface area contributed by atoms with Gasteiger partial charge in [-0.25, -0.2) is 0 Å². The van der Waals surface area contributed by atoms with Gasteiger partial charge < -0.3 is 15.0 Å². The second kappa shape index (κ2) is 8.41. The Labute approximate surface area is 159 Å². The molecule has 0 aromatic heterocycles. The first-order valence-electron chi connectivity index (χ1n) is 8.91. The molecule has 1 heterocycles. The Kier molecular flexibility index (Phi) is 5.77. The van der Waals surface area contributed by atoms with Crippen LogP contribution >= 0.6 is 0 Å². The van der Waals surface area contributed by atoms with Crippen LogP contribution in [0.3, 0.4) is 0 Å². The minimum absolute atomic E-state index is 0.181. The average molecular weight is 362 g/mol. The van der Waals surface area contributed by atoms with Crippen molar-refractivity contribution in [2.45, 2.75) is 25.8 Å². The number of anilines is 1. The lowest BCUT2D eigenvalue weighted by molar-refractivity contribution is -0.132. The van der Waals surface area contributed by atoms with Crippen LogP contribution in [0.4, 0.5) is 5.69 Å². The predicted molar refractivity (Wildman–Crippen MR) is 105 cm³/mol. The SMILES string of the molecule is CC#CC(=O)N1CCCC1C(=O)Nc1ccccc1-c1ccc(OC)cc1. The number of methoxy groups -OCH3 is 1. The smallest absolute Gasteiger partial charge is 0.299 e. The molecule has 1 aliphatic heterocycles. The van der Waals surface area contributed by atoms with E-state index in [2.05, 4.69) is 17.2 Å². The fraction of sp³-hybridized carbons (Fsp3) is 0.273. The van der Waals surface area contributed by atoms with E-state index in [1.54, 1.807) is 18.9 Å². The van der Waals surface area contributed by atoms with Crippen LogP contribution < -0.4 is 10.1 Å². The molecule has 5 heteroatoms. The van der Waals surface area contributed by atoms with Gasteiger partial charge in [-0.05, 0) is 49.4 Å². The maximum atomic E-state index is 12.8. The van der Waals surface area contributed by atoms with E-state index in [1.807, 2.05) is 48.5 Å². The van der Waals surface area contributed by atoms with E-state index in [-0.39, 0.29) is 11.8 Å². The zero-order valence-electron chi connectivity index (χ0n) is 15.5. The third-order valence-electron chi connectivity index (χ3n) is 4.63. The topological polar surface area (TPSA) is 58.6 Å². The van der Waals surface area contributed by atoms with Crippen molar-refractivity contribution < 1.29 is 14.3 Å². The summed E-state index contributed by atoms with van der Waals surface area (Å²) in [6, 6.07) is 14.8. The molecule has 0 aliphatic carbocycles. The van der Waals surface area contributed by atoms with Crippen molar-refractivity contribution in [2.75, 3.05) is 19.0 Å². The summed E-state index contributed by atoms with van der Waals surface area (Å²) in [4.78, 5) is 26.5. The summed E-state index contributed by atoms with van der Waals surface area (Å²) in [5.41, 5.74) is 2.61. The number of rotatable bonds is 4. The molecule has 0 radical (unpaired) electrons. The lowest BCUT2D eigenvalue weighted by atomic mass is 10.0. The van der Waals surface area contributed by atoms with E-state index in [0.717, 1.165) is 23.3 Å². The largest absolute Gasteiger partial charge is 0.497 e. The van der Waals surface area contributed by atoms with Gasteiger partial charge in [-0.15, -0.1) is 0 Å². The Hall–Kier alpha value is -3.26. The highest BCUT2D eigenvalue weighted by atomic mass is 16.5. The number of para-hydroxylation sites is 1. The molecule has 1 N–H and O–H groups in total. The predicted octanol–water partition coefficient (Wildman–Crippen LogP) is 3.32. The lowest BCUT2D eigenvalue weighted by Crippen LogP contribution is -2.42. The Bertz CT molecular complexity index is 894. The van der Waals surface area contributed by atoms with Crippen molar-refractivity contribution in [1.29, 1.82) is 0 Å². The quantitative estimate of drug-likeness (QED) is 0.849.